The molecule has 75 heavy (non-hydrogen) atoms. The molecule has 27 heteroatoms. The molecular formula is C48H66N8O17S2. The monoisotopic (exact) mass is 1090 g/mol. The highest BCUT2D eigenvalue weighted by Crippen LogP contribution is 2.57. The number of thiocarbonyl (C=S) groups is 1. The molecule has 1 saturated carbocycles. The summed E-state index contributed by atoms with van der Waals surface area (Å²) in [5.41, 5.74) is 38.1. The number of aliphatic hydroxyl groups is 6. The number of fused-ring (bicyclic) bond motifs is 4. The van der Waals surface area contributed by atoms with Crippen molar-refractivity contribution in [3.8, 4) is 23.0 Å². The summed E-state index contributed by atoms with van der Waals surface area (Å²) in [5.74, 6) is 0.0657. The van der Waals surface area contributed by atoms with Crippen LogP contribution in [0.1, 0.15) is 35.4 Å². The standard InChI is InChI=1S/C48H66N8O17S2/c49-15-29-35(60)37(62)32(53)44(67-29)70-40-26(52)13-25(51)34(59)42(40)72-46-39(64)41(71-45-33(54)38(63)36(61)30(16-50)68-45)31(69-46)17-75-10-9-55-47(74)56-19-3-1-18(2-4-19)22-14-48(73-43(22)65)23-7-5-20(57)11-27(23)66-28-12-21(58)6-8-24(28)48/h1-8,11-12,22,25-26,29-42,44-46,57-64H,9-10,13-17,49-54H2,(H2,55,56,74)/t22?,25-,26?,29?,30?,31?,32?,33?,34?,35-,36-,37?,38?,39?,40-,41?,42?,44-,45-,46?/m1/s1. The Labute approximate surface area is 440 Å². The van der Waals surface area contributed by atoms with Crippen molar-refractivity contribution in [2.24, 2.45) is 34.4 Å². The number of hydrogen-bond acceptors (Lipinski definition) is 25. The van der Waals surface area contributed by atoms with Crippen LogP contribution in [0.15, 0.2) is 60.7 Å². The number of nitrogens with two attached hydrogens (primary N) is 6. The Bertz CT molecular complexity index is 2440. The molecule has 22 N–H and O–H groups in total. The van der Waals surface area contributed by atoms with Crippen molar-refractivity contribution >= 4 is 40.7 Å². The maximum atomic E-state index is 13.6. The van der Waals surface area contributed by atoms with Gasteiger partial charge in [0.2, 0.25) is 0 Å². The Morgan fingerprint density at radius 3 is 1.80 bits per heavy atom. The van der Waals surface area contributed by atoms with Gasteiger partial charge < -0.3 is 124 Å². The molecule has 3 aromatic carbocycles. The first-order valence-corrected chi connectivity index (χ1v) is 26.1. The zero-order chi connectivity index (χ0) is 53.6. The summed E-state index contributed by atoms with van der Waals surface area (Å²) in [4.78, 5) is 13.6. The maximum Gasteiger partial charge on any atom is 0.314 e. The van der Waals surface area contributed by atoms with E-state index in [-0.39, 0.29) is 43.2 Å². The highest BCUT2D eigenvalue weighted by atomic mass is 32.2. The quantitative estimate of drug-likeness (QED) is 0.0396. The number of nitrogens with one attached hydrogen (secondary N) is 2. The van der Waals surface area contributed by atoms with Crippen molar-refractivity contribution in [1.82, 2.24) is 5.32 Å². The minimum Gasteiger partial charge on any atom is -0.508 e. The molecule has 25 nitrogen and oxygen atoms in total. The van der Waals surface area contributed by atoms with Crippen LogP contribution in [0.4, 0.5) is 5.69 Å². The molecule has 1 aliphatic carbocycles. The SMILES string of the molecule is NCC1O[C@H](O[C@@H]2C(N)C[C@@H](N)C(O)C2OC2OC(CSCCNC(=S)Nc3ccc(C4CC5(OC4=O)c4ccc(O)cc4Oc4cc(O)ccc45)cc3)C(O[C@H]3OC(CN)[C@@H](O)C(O)C3N)C2O)C(N)C(O)[C@@H]1O. The minimum atomic E-state index is -1.59. The lowest BCUT2D eigenvalue weighted by Crippen LogP contribution is -2.68. The van der Waals surface area contributed by atoms with Crippen molar-refractivity contribution in [3.05, 3.63) is 77.4 Å². The molecule has 5 aliphatic heterocycles. The number of rotatable bonds is 15. The summed E-state index contributed by atoms with van der Waals surface area (Å²) in [6.45, 7) is -0.00806. The lowest BCUT2D eigenvalue weighted by molar-refractivity contribution is -0.306. The van der Waals surface area contributed by atoms with Crippen molar-refractivity contribution < 1.29 is 83.5 Å². The van der Waals surface area contributed by atoms with Gasteiger partial charge in [-0.3, -0.25) is 4.79 Å². The number of aromatic hydroxyl groups is 2. The molecule has 20 atom stereocenters. The molecule has 0 amide bonds. The van der Waals surface area contributed by atoms with E-state index in [1.165, 1.54) is 36.0 Å². The van der Waals surface area contributed by atoms with Gasteiger partial charge in [-0.15, -0.1) is 0 Å². The van der Waals surface area contributed by atoms with Gasteiger partial charge in [0.15, 0.2) is 29.6 Å². The molecule has 5 heterocycles. The molecule has 412 valence electrons. The van der Waals surface area contributed by atoms with E-state index in [1.807, 2.05) is 0 Å². The molecule has 4 saturated heterocycles. The third-order valence-electron chi connectivity index (χ3n) is 14.6. The number of phenols is 2. The van der Waals surface area contributed by atoms with Crippen LogP contribution < -0.4 is 49.8 Å². The van der Waals surface area contributed by atoms with E-state index in [0.29, 0.717) is 51.3 Å². The number of carbonyl (C=O) groups excluding carboxylic acids is 1. The summed E-state index contributed by atoms with van der Waals surface area (Å²) in [7, 11) is 0. The molecular weight excluding hydrogens is 1020 g/mol. The lowest BCUT2D eigenvalue weighted by atomic mass is 9.77. The Morgan fingerprint density at radius 1 is 0.680 bits per heavy atom. The Kier molecular flexibility index (Phi) is 17.1. The third-order valence-corrected chi connectivity index (χ3v) is 16.0. The first-order valence-electron chi connectivity index (χ1n) is 24.6. The van der Waals surface area contributed by atoms with Crippen molar-refractivity contribution in [3.63, 3.8) is 0 Å². The minimum absolute atomic E-state index is 0.0325. The van der Waals surface area contributed by atoms with Crippen molar-refractivity contribution in [2.75, 3.05) is 36.5 Å². The lowest BCUT2D eigenvalue weighted by Gasteiger charge is -2.47. The number of thioether (sulfide) groups is 1. The Balaban J connectivity index is 0.824. The Morgan fingerprint density at radius 2 is 1.23 bits per heavy atom. The molecule has 0 aromatic heterocycles. The van der Waals surface area contributed by atoms with Crippen LogP contribution in [0.25, 0.3) is 0 Å². The second-order valence-corrected chi connectivity index (χ2v) is 21.2. The van der Waals surface area contributed by atoms with E-state index < -0.39 is 134 Å². The number of anilines is 1. The number of aliphatic hydroxyl groups excluding tert-OH is 6. The van der Waals surface area contributed by atoms with Crippen LogP contribution in [0.2, 0.25) is 0 Å². The van der Waals surface area contributed by atoms with E-state index in [9.17, 15) is 45.6 Å². The Hall–Kier alpha value is -4.15. The van der Waals surface area contributed by atoms with Crippen LogP contribution in [0.3, 0.4) is 0 Å². The molecule has 9 rings (SSSR count). The number of phenolic OH excluding ortho intramolecular Hbond substituents is 2. The van der Waals surface area contributed by atoms with E-state index in [2.05, 4.69) is 10.6 Å². The van der Waals surface area contributed by atoms with Gasteiger partial charge in [0.1, 0.15) is 84.0 Å². The highest BCUT2D eigenvalue weighted by Gasteiger charge is 2.56. The average Bonchev–Trinajstić information content (AvgIpc) is 3.88. The molecule has 0 bridgehead atoms. The summed E-state index contributed by atoms with van der Waals surface area (Å²) in [6.07, 6.45) is -19.6. The number of benzene rings is 3. The van der Waals surface area contributed by atoms with E-state index >= 15 is 0 Å². The topological polar surface area (TPSA) is 433 Å². The smallest absolute Gasteiger partial charge is 0.314 e. The van der Waals surface area contributed by atoms with E-state index in [0.717, 1.165) is 0 Å². The van der Waals surface area contributed by atoms with Crippen molar-refractivity contribution in [2.45, 2.75) is 141 Å². The summed E-state index contributed by atoms with van der Waals surface area (Å²) >= 11 is 6.99. The summed E-state index contributed by atoms with van der Waals surface area (Å²) in [6, 6.07) is 12.0. The third kappa shape index (κ3) is 11.1. The molecule has 3 aromatic rings. The number of carbonyl (C=O) groups is 1. The van der Waals surface area contributed by atoms with Gasteiger partial charge in [-0.05, 0) is 60.6 Å². The fourth-order valence-electron chi connectivity index (χ4n) is 10.5. The fourth-order valence-corrected chi connectivity index (χ4v) is 11.6. The fraction of sp³-hybridized carbons (Fsp3) is 0.583. The van der Waals surface area contributed by atoms with Crippen LogP contribution in [0.5, 0.6) is 23.0 Å². The van der Waals surface area contributed by atoms with Gasteiger partial charge in [-0.2, -0.15) is 11.8 Å². The second kappa shape index (κ2) is 23.1. The van der Waals surface area contributed by atoms with Crippen LogP contribution in [-0.2, 0) is 43.6 Å². The van der Waals surface area contributed by atoms with Crippen molar-refractivity contribution in [1.29, 1.82) is 0 Å². The van der Waals surface area contributed by atoms with Crippen LogP contribution in [-0.4, -0.2) is 199 Å². The predicted octanol–water partition coefficient (Wildman–Crippen LogP) is -3.68. The van der Waals surface area contributed by atoms with Crippen LogP contribution in [0, 0.1) is 0 Å². The van der Waals surface area contributed by atoms with E-state index in [4.69, 9.17) is 84.5 Å². The number of hydrogen-bond donors (Lipinski definition) is 16. The van der Waals surface area contributed by atoms with E-state index in [1.54, 1.807) is 36.4 Å². The van der Waals surface area contributed by atoms with Gasteiger partial charge in [0.25, 0.3) is 0 Å². The first-order chi connectivity index (χ1) is 35.8. The highest BCUT2D eigenvalue weighted by molar-refractivity contribution is 7.99. The molecule has 0 radical (unpaired) electrons. The molecule has 1 spiro atoms. The average molecular weight is 1090 g/mol. The van der Waals surface area contributed by atoms with Gasteiger partial charge in [0.05, 0.1) is 30.2 Å². The molecule has 14 unspecified atom stereocenters. The maximum absolute atomic E-state index is 13.6. The normalized spacial score (nSPS) is 38.1. The zero-order valence-corrected chi connectivity index (χ0v) is 41.9. The van der Waals surface area contributed by atoms with Gasteiger partial charge in [-0.1, -0.05) is 12.1 Å². The summed E-state index contributed by atoms with van der Waals surface area (Å²) < 4.78 is 48.8. The summed E-state index contributed by atoms with van der Waals surface area (Å²) in [5, 5.41) is 92.6. The number of esters is 1. The molecule has 5 fully saturated rings. The van der Waals surface area contributed by atoms with Gasteiger partial charge >= 0.3 is 5.97 Å². The van der Waals surface area contributed by atoms with Gasteiger partial charge in [0, 0.05) is 78.6 Å². The predicted molar refractivity (Wildman–Crippen MR) is 270 cm³/mol. The largest absolute Gasteiger partial charge is 0.508 e. The zero-order valence-electron chi connectivity index (χ0n) is 40.3. The van der Waals surface area contributed by atoms with Gasteiger partial charge in [-0.25, -0.2) is 0 Å². The molecule has 6 aliphatic rings. The first kappa shape index (κ1) is 55.6. The van der Waals surface area contributed by atoms with Crippen LogP contribution >= 0.6 is 24.0 Å². The second-order valence-electron chi connectivity index (χ2n) is 19.6. The number of ether oxygens (including phenoxy) is 8.